The van der Waals surface area contributed by atoms with E-state index in [9.17, 15) is 4.79 Å². The predicted molar refractivity (Wildman–Crippen MR) is 137 cm³/mol. The van der Waals surface area contributed by atoms with Crippen molar-refractivity contribution in [3.8, 4) is 5.75 Å². The third-order valence-electron chi connectivity index (χ3n) is 5.56. The quantitative estimate of drug-likeness (QED) is 0.295. The number of aromatic nitrogens is 4. The Balaban J connectivity index is 1.87. The fourth-order valence-corrected chi connectivity index (χ4v) is 4.65. The Morgan fingerprint density at radius 1 is 1.03 bits per heavy atom. The molecule has 0 saturated heterocycles. The van der Waals surface area contributed by atoms with Crippen molar-refractivity contribution in [1.29, 1.82) is 0 Å². The summed E-state index contributed by atoms with van der Waals surface area (Å²) < 4.78 is 12.5. The molecule has 1 N–H and O–H groups in total. The first kappa shape index (κ1) is 25.6. The number of esters is 1. The van der Waals surface area contributed by atoms with Crippen LogP contribution in [0.15, 0.2) is 72.8 Å². The van der Waals surface area contributed by atoms with Gasteiger partial charge in [0.05, 0.1) is 31.3 Å². The summed E-state index contributed by atoms with van der Waals surface area (Å²) in [6, 6.07) is 22.1. The van der Waals surface area contributed by atoms with Gasteiger partial charge in [-0.1, -0.05) is 83.9 Å². The van der Waals surface area contributed by atoms with Crippen LogP contribution < -0.4 is 10.1 Å². The molecule has 1 atom stereocenters. The first-order valence-corrected chi connectivity index (χ1v) is 12.1. The van der Waals surface area contributed by atoms with Crippen LogP contribution in [0, 0.1) is 0 Å². The number of hydrogen-bond acceptors (Lipinski definition) is 7. The molecule has 0 fully saturated rings. The molecule has 3 aromatic carbocycles. The fourth-order valence-electron chi connectivity index (χ4n) is 4.07. The van der Waals surface area contributed by atoms with Crippen molar-refractivity contribution in [2.24, 2.45) is 0 Å². The van der Waals surface area contributed by atoms with E-state index in [4.69, 9.17) is 32.7 Å². The van der Waals surface area contributed by atoms with E-state index in [1.54, 1.807) is 23.7 Å². The molecule has 0 unspecified atom stereocenters. The van der Waals surface area contributed by atoms with Crippen LogP contribution in [0.2, 0.25) is 10.0 Å². The number of hydrogen-bond donors (Lipinski definition) is 1. The maximum Gasteiger partial charge on any atom is 0.319 e. The monoisotopic (exact) mass is 525 g/mol. The summed E-state index contributed by atoms with van der Waals surface area (Å²) in [5.41, 5.74) is 2.55. The average molecular weight is 526 g/mol. The van der Waals surface area contributed by atoms with E-state index in [2.05, 4.69) is 20.8 Å². The summed E-state index contributed by atoms with van der Waals surface area (Å²) in [7, 11) is 1.51. The van der Waals surface area contributed by atoms with Crippen LogP contribution in [-0.2, 0) is 9.53 Å². The lowest BCUT2D eigenvalue weighted by molar-refractivity contribution is -0.142. The summed E-state index contributed by atoms with van der Waals surface area (Å²) >= 11 is 12.8. The van der Waals surface area contributed by atoms with E-state index in [-0.39, 0.29) is 19.2 Å². The normalized spacial score (nSPS) is 11.9. The van der Waals surface area contributed by atoms with Gasteiger partial charge in [-0.2, -0.15) is 0 Å². The van der Waals surface area contributed by atoms with E-state index in [1.165, 1.54) is 7.11 Å². The Kier molecular flexibility index (Phi) is 8.53. The molecule has 0 radical (unpaired) electrons. The highest BCUT2D eigenvalue weighted by atomic mass is 35.5. The molecule has 10 heteroatoms. The van der Waals surface area contributed by atoms with Crippen LogP contribution in [0.1, 0.15) is 41.5 Å². The van der Waals surface area contributed by atoms with Crippen molar-refractivity contribution < 1.29 is 14.3 Å². The number of carbonyl (C=O) groups is 1. The zero-order valence-corrected chi connectivity index (χ0v) is 21.3. The van der Waals surface area contributed by atoms with Crippen LogP contribution in [0.4, 0.5) is 0 Å². The van der Waals surface area contributed by atoms with Gasteiger partial charge in [-0.05, 0) is 40.6 Å². The number of methoxy groups -OCH3 is 1. The Labute approximate surface area is 219 Å². The molecule has 0 bridgehead atoms. The van der Waals surface area contributed by atoms with Crippen LogP contribution in [-0.4, -0.2) is 46.4 Å². The van der Waals surface area contributed by atoms with Crippen LogP contribution >= 0.6 is 23.2 Å². The van der Waals surface area contributed by atoms with Gasteiger partial charge < -0.3 is 9.47 Å². The highest BCUT2D eigenvalue weighted by Gasteiger charge is 2.30. The molecule has 1 heterocycles. The Bertz CT molecular complexity index is 1260. The minimum Gasteiger partial charge on any atom is -0.495 e. The topological polar surface area (TPSA) is 91.2 Å². The van der Waals surface area contributed by atoms with Crippen molar-refractivity contribution in [2.75, 3.05) is 20.3 Å². The second kappa shape index (κ2) is 12.0. The molecule has 0 spiro atoms. The third kappa shape index (κ3) is 5.67. The predicted octanol–water partition coefficient (Wildman–Crippen LogP) is 4.87. The Hall–Kier alpha value is -3.46. The van der Waals surface area contributed by atoms with E-state index >= 15 is 0 Å². The van der Waals surface area contributed by atoms with Crippen molar-refractivity contribution >= 4 is 29.2 Å². The summed E-state index contributed by atoms with van der Waals surface area (Å²) in [4.78, 5) is 12.3. The molecule has 0 aliphatic rings. The molecular formula is C26H25Cl2N5O3. The van der Waals surface area contributed by atoms with Gasteiger partial charge in [0, 0.05) is 10.6 Å². The molecule has 8 nitrogen and oxygen atoms in total. The first-order chi connectivity index (χ1) is 17.5. The number of benzene rings is 3. The van der Waals surface area contributed by atoms with Crippen molar-refractivity contribution in [3.05, 3.63) is 105 Å². The Morgan fingerprint density at radius 3 is 2.25 bits per heavy atom. The number of tetrazole rings is 1. The smallest absolute Gasteiger partial charge is 0.319 e. The van der Waals surface area contributed by atoms with E-state index in [0.29, 0.717) is 27.2 Å². The SMILES string of the molecule is CCOC(=O)CN[C@@H](c1cc(Cl)cc(Cl)c1OC)c1nnnn1C(c1ccccc1)c1ccccc1. The molecule has 186 valence electrons. The molecule has 0 aliphatic heterocycles. The molecule has 4 aromatic rings. The summed E-state index contributed by atoms with van der Waals surface area (Å²) in [5, 5.41) is 16.7. The lowest BCUT2D eigenvalue weighted by atomic mass is 9.97. The van der Waals surface area contributed by atoms with Crippen LogP contribution in [0.3, 0.4) is 0 Å². The molecule has 0 amide bonds. The molecular weight excluding hydrogens is 501 g/mol. The lowest BCUT2D eigenvalue weighted by Crippen LogP contribution is -2.33. The largest absolute Gasteiger partial charge is 0.495 e. The van der Waals surface area contributed by atoms with E-state index in [1.807, 2.05) is 60.7 Å². The summed E-state index contributed by atoms with van der Waals surface area (Å²) in [6.07, 6.45) is 0. The molecule has 36 heavy (non-hydrogen) atoms. The number of carbonyl (C=O) groups excluding carboxylic acids is 1. The average Bonchev–Trinajstić information content (AvgIpc) is 3.34. The van der Waals surface area contributed by atoms with Gasteiger partial charge in [0.1, 0.15) is 11.8 Å². The molecule has 0 aliphatic carbocycles. The minimum absolute atomic E-state index is 0.0972. The second-order valence-electron chi connectivity index (χ2n) is 7.83. The first-order valence-electron chi connectivity index (χ1n) is 11.3. The highest BCUT2D eigenvalue weighted by Crippen LogP contribution is 2.39. The summed E-state index contributed by atoms with van der Waals surface area (Å²) in [6.45, 7) is 1.92. The number of rotatable bonds is 10. The zero-order valence-electron chi connectivity index (χ0n) is 19.8. The molecule has 1 aromatic heterocycles. The van der Waals surface area contributed by atoms with Gasteiger partial charge in [-0.25, -0.2) is 4.68 Å². The van der Waals surface area contributed by atoms with Gasteiger partial charge in [0.15, 0.2) is 5.82 Å². The van der Waals surface area contributed by atoms with Gasteiger partial charge in [0.25, 0.3) is 0 Å². The van der Waals surface area contributed by atoms with Crippen LogP contribution in [0.5, 0.6) is 5.75 Å². The Morgan fingerprint density at radius 2 is 1.67 bits per heavy atom. The fraction of sp³-hybridized carbons (Fsp3) is 0.231. The second-order valence-corrected chi connectivity index (χ2v) is 8.68. The van der Waals surface area contributed by atoms with Crippen molar-refractivity contribution in [1.82, 2.24) is 25.5 Å². The van der Waals surface area contributed by atoms with Gasteiger partial charge in [-0.15, -0.1) is 5.10 Å². The summed E-state index contributed by atoms with van der Waals surface area (Å²) in [5.74, 6) is 0.415. The maximum absolute atomic E-state index is 12.3. The number of nitrogens with zero attached hydrogens (tertiary/aromatic N) is 4. The van der Waals surface area contributed by atoms with Crippen molar-refractivity contribution in [2.45, 2.75) is 19.0 Å². The van der Waals surface area contributed by atoms with Crippen LogP contribution in [0.25, 0.3) is 0 Å². The van der Waals surface area contributed by atoms with Gasteiger partial charge >= 0.3 is 5.97 Å². The molecule has 4 rings (SSSR count). The number of halogens is 2. The van der Waals surface area contributed by atoms with Gasteiger partial charge in [0.2, 0.25) is 0 Å². The zero-order chi connectivity index (χ0) is 25.5. The van der Waals surface area contributed by atoms with Crippen molar-refractivity contribution in [3.63, 3.8) is 0 Å². The number of nitrogens with one attached hydrogen (secondary N) is 1. The highest BCUT2D eigenvalue weighted by molar-refractivity contribution is 6.35. The van der Waals surface area contributed by atoms with E-state index < -0.39 is 12.0 Å². The maximum atomic E-state index is 12.3. The standard InChI is InChI=1S/C26H25Cl2N5O3/c1-3-36-22(34)16-29-23(20-14-19(27)15-21(28)25(20)35-2)26-30-31-32-33(26)24(17-10-6-4-7-11-17)18-12-8-5-9-13-18/h4-15,23-24,29H,3,16H2,1-2H3/t23-/m0/s1. The molecule has 0 saturated carbocycles. The lowest BCUT2D eigenvalue weighted by Gasteiger charge is -2.25. The van der Waals surface area contributed by atoms with E-state index in [0.717, 1.165) is 11.1 Å². The van der Waals surface area contributed by atoms with Gasteiger partial charge in [-0.3, -0.25) is 10.1 Å². The minimum atomic E-state index is -0.703. The number of ether oxygens (including phenoxy) is 2. The third-order valence-corrected chi connectivity index (χ3v) is 6.06.